The summed E-state index contributed by atoms with van der Waals surface area (Å²) in [4.78, 5) is 0.444. The van der Waals surface area contributed by atoms with Crippen LogP contribution in [-0.2, 0) is 0 Å². The third-order valence-electron chi connectivity index (χ3n) is 3.83. The maximum absolute atomic E-state index is 5.77. The zero-order valence-corrected chi connectivity index (χ0v) is 13.0. The van der Waals surface area contributed by atoms with E-state index in [-0.39, 0.29) is 0 Å². The van der Waals surface area contributed by atoms with Gasteiger partial charge in [0.25, 0.3) is 0 Å². The molecule has 0 aliphatic heterocycles. The molecule has 1 atom stereocenters. The van der Waals surface area contributed by atoms with Crippen LogP contribution in [0.3, 0.4) is 0 Å². The lowest BCUT2D eigenvalue weighted by Gasteiger charge is -2.28. The first kappa shape index (κ1) is 13.9. The molecule has 100 valence electrons. The Morgan fingerprint density at radius 2 is 2.00 bits per heavy atom. The van der Waals surface area contributed by atoms with Crippen molar-refractivity contribution in [2.45, 2.75) is 50.8 Å². The summed E-state index contributed by atoms with van der Waals surface area (Å²) in [6.07, 6.45) is 6.85. The minimum Gasteiger partial charge on any atom is -0.494 e. The zero-order valence-electron chi connectivity index (χ0n) is 11.4. The van der Waals surface area contributed by atoms with Crippen molar-refractivity contribution in [3.63, 3.8) is 0 Å². The van der Waals surface area contributed by atoms with Crippen LogP contribution in [0.15, 0.2) is 18.2 Å². The van der Waals surface area contributed by atoms with E-state index in [0.717, 1.165) is 18.3 Å². The highest BCUT2D eigenvalue weighted by Gasteiger charge is 2.25. The molecular weight excluding hydrogens is 288 g/mol. The van der Waals surface area contributed by atoms with E-state index >= 15 is 0 Å². The van der Waals surface area contributed by atoms with Crippen LogP contribution in [0.1, 0.15) is 55.0 Å². The fraction of sp³-hybridized carbons (Fsp3) is 0.625. The van der Waals surface area contributed by atoms with Gasteiger partial charge in [-0.3, -0.25) is 0 Å². The van der Waals surface area contributed by atoms with Crippen molar-refractivity contribution in [2.75, 3.05) is 6.61 Å². The molecule has 1 aliphatic rings. The molecule has 0 heterocycles. The standard InChI is InChI=1S/C16H23BrO/c1-3-18-15-10-9-12(2)11-14(15)16(17)13-7-5-4-6-8-13/h9-11,13,16H,3-8H2,1-2H3. The van der Waals surface area contributed by atoms with E-state index in [1.165, 1.54) is 43.2 Å². The van der Waals surface area contributed by atoms with Gasteiger partial charge in [-0.1, -0.05) is 52.9 Å². The lowest BCUT2D eigenvalue weighted by atomic mass is 9.84. The van der Waals surface area contributed by atoms with Crippen molar-refractivity contribution < 1.29 is 4.74 Å². The van der Waals surface area contributed by atoms with Crippen LogP contribution in [0.5, 0.6) is 5.75 Å². The maximum Gasteiger partial charge on any atom is 0.123 e. The summed E-state index contributed by atoms with van der Waals surface area (Å²) in [5, 5.41) is 0. The summed E-state index contributed by atoms with van der Waals surface area (Å²) in [5.74, 6) is 1.82. The topological polar surface area (TPSA) is 9.23 Å². The van der Waals surface area contributed by atoms with Crippen LogP contribution in [0.4, 0.5) is 0 Å². The number of alkyl halides is 1. The van der Waals surface area contributed by atoms with Gasteiger partial charge in [0.15, 0.2) is 0 Å². The first-order chi connectivity index (χ1) is 8.72. The molecule has 0 radical (unpaired) electrons. The van der Waals surface area contributed by atoms with E-state index in [1.807, 2.05) is 6.92 Å². The molecule has 0 N–H and O–H groups in total. The minimum atomic E-state index is 0.444. The number of hydrogen-bond acceptors (Lipinski definition) is 1. The number of halogens is 1. The lowest BCUT2D eigenvalue weighted by Crippen LogP contribution is -2.13. The van der Waals surface area contributed by atoms with Crippen molar-refractivity contribution >= 4 is 15.9 Å². The Bertz CT molecular complexity index is 383. The molecule has 0 spiro atoms. The molecule has 1 aromatic carbocycles. The molecule has 2 heteroatoms. The minimum absolute atomic E-state index is 0.444. The number of ether oxygens (including phenoxy) is 1. The van der Waals surface area contributed by atoms with E-state index in [0.29, 0.717) is 4.83 Å². The van der Waals surface area contributed by atoms with Crippen LogP contribution < -0.4 is 4.74 Å². The molecule has 1 nitrogen and oxygen atoms in total. The third kappa shape index (κ3) is 3.28. The average molecular weight is 311 g/mol. The van der Waals surface area contributed by atoms with Gasteiger partial charge in [0, 0.05) is 10.4 Å². The van der Waals surface area contributed by atoms with E-state index in [2.05, 4.69) is 41.1 Å². The summed E-state index contributed by atoms with van der Waals surface area (Å²) in [7, 11) is 0. The number of aryl methyl sites for hydroxylation is 1. The second-order valence-electron chi connectivity index (χ2n) is 5.27. The summed E-state index contributed by atoms with van der Waals surface area (Å²) in [6, 6.07) is 6.53. The molecule has 18 heavy (non-hydrogen) atoms. The normalized spacial score (nSPS) is 18.6. The predicted molar refractivity (Wildman–Crippen MR) is 80.6 cm³/mol. The quantitative estimate of drug-likeness (QED) is 0.676. The van der Waals surface area contributed by atoms with Crippen molar-refractivity contribution in [1.29, 1.82) is 0 Å². The van der Waals surface area contributed by atoms with Gasteiger partial charge in [-0.2, -0.15) is 0 Å². The molecule has 1 saturated carbocycles. The SMILES string of the molecule is CCOc1ccc(C)cc1C(Br)C1CCCCC1. The van der Waals surface area contributed by atoms with E-state index in [9.17, 15) is 0 Å². The predicted octanol–water partition coefficient (Wildman–Crippen LogP) is 5.41. The van der Waals surface area contributed by atoms with Crippen LogP contribution in [0, 0.1) is 12.8 Å². The van der Waals surface area contributed by atoms with Gasteiger partial charge < -0.3 is 4.74 Å². The van der Waals surface area contributed by atoms with Gasteiger partial charge in [0.1, 0.15) is 5.75 Å². The fourth-order valence-corrected chi connectivity index (χ4v) is 3.74. The third-order valence-corrected chi connectivity index (χ3v) is 5.07. The second kappa shape index (κ2) is 6.60. The summed E-state index contributed by atoms with van der Waals surface area (Å²) in [6.45, 7) is 4.94. The maximum atomic E-state index is 5.77. The van der Waals surface area contributed by atoms with Crippen LogP contribution in [0.2, 0.25) is 0 Å². The summed E-state index contributed by atoms with van der Waals surface area (Å²) in [5.41, 5.74) is 2.65. The average Bonchev–Trinajstić information content (AvgIpc) is 2.41. The largest absolute Gasteiger partial charge is 0.494 e. The highest BCUT2D eigenvalue weighted by atomic mass is 79.9. The van der Waals surface area contributed by atoms with E-state index in [4.69, 9.17) is 4.74 Å². The van der Waals surface area contributed by atoms with Gasteiger partial charge in [-0.05, 0) is 38.7 Å². The van der Waals surface area contributed by atoms with Crippen molar-refractivity contribution in [3.05, 3.63) is 29.3 Å². The monoisotopic (exact) mass is 310 g/mol. The Kier molecular flexibility index (Phi) is 5.11. The number of rotatable bonds is 4. The van der Waals surface area contributed by atoms with Gasteiger partial charge >= 0.3 is 0 Å². The summed E-state index contributed by atoms with van der Waals surface area (Å²) >= 11 is 3.92. The van der Waals surface area contributed by atoms with Gasteiger partial charge in [-0.25, -0.2) is 0 Å². The molecule has 1 aromatic rings. The zero-order chi connectivity index (χ0) is 13.0. The fourth-order valence-electron chi connectivity index (χ4n) is 2.85. The second-order valence-corrected chi connectivity index (χ2v) is 6.26. The van der Waals surface area contributed by atoms with E-state index < -0.39 is 0 Å². The molecule has 1 fully saturated rings. The number of hydrogen-bond donors (Lipinski definition) is 0. The van der Waals surface area contributed by atoms with Crippen LogP contribution >= 0.6 is 15.9 Å². The Labute approximate surface area is 119 Å². The first-order valence-corrected chi connectivity index (χ1v) is 8.01. The van der Waals surface area contributed by atoms with Crippen LogP contribution in [0.25, 0.3) is 0 Å². The molecule has 0 amide bonds. The van der Waals surface area contributed by atoms with Crippen molar-refractivity contribution in [2.24, 2.45) is 5.92 Å². The van der Waals surface area contributed by atoms with Crippen molar-refractivity contribution in [3.8, 4) is 5.75 Å². The van der Waals surface area contributed by atoms with Gasteiger partial charge in [-0.15, -0.1) is 0 Å². The van der Waals surface area contributed by atoms with E-state index in [1.54, 1.807) is 0 Å². The van der Waals surface area contributed by atoms with Gasteiger partial charge in [0.2, 0.25) is 0 Å². The molecule has 0 saturated heterocycles. The summed E-state index contributed by atoms with van der Waals surface area (Å²) < 4.78 is 5.77. The Morgan fingerprint density at radius 3 is 2.67 bits per heavy atom. The Morgan fingerprint density at radius 1 is 1.28 bits per heavy atom. The lowest BCUT2D eigenvalue weighted by molar-refractivity contribution is 0.322. The highest BCUT2D eigenvalue weighted by Crippen LogP contribution is 2.43. The molecule has 0 bridgehead atoms. The molecular formula is C16H23BrO. The molecule has 2 rings (SSSR count). The Balaban J connectivity index is 2.21. The molecule has 1 aliphatic carbocycles. The first-order valence-electron chi connectivity index (χ1n) is 7.09. The Hall–Kier alpha value is -0.500. The number of benzene rings is 1. The van der Waals surface area contributed by atoms with Gasteiger partial charge in [0.05, 0.1) is 6.61 Å². The smallest absolute Gasteiger partial charge is 0.123 e. The molecule has 1 unspecified atom stereocenters. The van der Waals surface area contributed by atoms with Crippen molar-refractivity contribution in [1.82, 2.24) is 0 Å². The molecule has 0 aromatic heterocycles. The van der Waals surface area contributed by atoms with Crippen LogP contribution in [-0.4, -0.2) is 6.61 Å². The highest BCUT2D eigenvalue weighted by molar-refractivity contribution is 9.09.